The Morgan fingerprint density at radius 2 is 1.74 bits per heavy atom. The van der Waals surface area contributed by atoms with Crippen LogP contribution in [0.3, 0.4) is 0 Å². The van der Waals surface area contributed by atoms with Gasteiger partial charge in [-0.15, -0.1) is 0 Å². The summed E-state index contributed by atoms with van der Waals surface area (Å²) in [7, 11) is 1.76. The van der Waals surface area contributed by atoms with Crippen molar-refractivity contribution in [3.05, 3.63) is 35.9 Å². The summed E-state index contributed by atoms with van der Waals surface area (Å²) in [6, 6.07) is 9.39. The lowest BCUT2D eigenvalue weighted by Crippen LogP contribution is -2.52. The van der Waals surface area contributed by atoms with Crippen LogP contribution >= 0.6 is 0 Å². The molecule has 146 valence electrons. The number of hydrogen-bond donors (Lipinski definition) is 0. The van der Waals surface area contributed by atoms with Crippen LogP contribution in [-0.4, -0.2) is 64.1 Å². The quantitative estimate of drug-likeness (QED) is 0.743. The van der Waals surface area contributed by atoms with E-state index in [2.05, 4.69) is 13.8 Å². The molecule has 0 radical (unpaired) electrons. The van der Waals surface area contributed by atoms with Crippen molar-refractivity contribution in [3.8, 4) is 0 Å². The van der Waals surface area contributed by atoms with Crippen molar-refractivity contribution in [1.29, 1.82) is 0 Å². The van der Waals surface area contributed by atoms with Gasteiger partial charge in [0.1, 0.15) is 0 Å². The number of nitrogens with zero attached hydrogens (tertiary/aromatic N) is 3. The molecule has 0 unspecified atom stereocenters. The van der Waals surface area contributed by atoms with Gasteiger partial charge in [0.05, 0.1) is 25.6 Å². The maximum absolute atomic E-state index is 12.8. The van der Waals surface area contributed by atoms with Gasteiger partial charge in [0, 0.05) is 12.1 Å². The molecule has 0 bridgehead atoms. The smallest absolute Gasteiger partial charge is 0.247 e. The van der Waals surface area contributed by atoms with E-state index in [9.17, 15) is 14.4 Å². The maximum Gasteiger partial charge on any atom is 0.247 e. The lowest BCUT2D eigenvalue weighted by atomic mass is 9.97. The SMILES string of the molecule is C[C@@H]1CCC[C@@H](C)N1C(=O)CN(C)[C@H]1CC(=O)N(Cc2ccccc2)C1=O. The molecule has 0 N–H and O–H groups in total. The second-order valence-corrected chi connectivity index (χ2v) is 7.87. The summed E-state index contributed by atoms with van der Waals surface area (Å²) in [5.74, 6) is -0.342. The van der Waals surface area contributed by atoms with Gasteiger partial charge in [0.2, 0.25) is 17.7 Å². The highest BCUT2D eigenvalue weighted by Gasteiger charge is 2.41. The molecule has 27 heavy (non-hydrogen) atoms. The molecule has 2 aliphatic rings. The number of hydrogen-bond acceptors (Lipinski definition) is 4. The molecular weight excluding hydrogens is 342 g/mol. The number of benzene rings is 1. The molecule has 2 fully saturated rings. The highest BCUT2D eigenvalue weighted by molar-refractivity contribution is 6.05. The van der Waals surface area contributed by atoms with Crippen LogP contribution in [0.15, 0.2) is 30.3 Å². The van der Waals surface area contributed by atoms with Crippen LogP contribution in [0.5, 0.6) is 0 Å². The maximum atomic E-state index is 12.8. The summed E-state index contributed by atoms with van der Waals surface area (Å²) < 4.78 is 0. The molecule has 0 aliphatic carbocycles. The van der Waals surface area contributed by atoms with Crippen LogP contribution in [-0.2, 0) is 20.9 Å². The third kappa shape index (κ3) is 4.21. The van der Waals surface area contributed by atoms with Crippen molar-refractivity contribution >= 4 is 17.7 Å². The zero-order chi connectivity index (χ0) is 19.6. The number of imide groups is 1. The van der Waals surface area contributed by atoms with Crippen LogP contribution in [0.4, 0.5) is 0 Å². The fourth-order valence-electron chi connectivity index (χ4n) is 4.26. The van der Waals surface area contributed by atoms with Gasteiger partial charge in [-0.1, -0.05) is 30.3 Å². The van der Waals surface area contributed by atoms with E-state index in [1.807, 2.05) is 35.2 Å². The number of carbonyl (C=O) groups excluding carboxylic acids is 3. The number of amides is 3. The van der Waals surface area contributed by atoms with Gasteiger partial charge in [0.25, 0.3) is 0 Å². The van der Waals surface area contributed by atoms with Crippen molar-refractivity contribution in [1.82, 2.24) is 14.7 Å². The predicted molar refractivity (Wildman–Crippen MR) is 103 cm³/mol. The van der Waals surface area contributed by atoms with Gasteiger partial charge in [-0.3, -0.25) is 24.2 Å². The molecule has 1 aromatic rings. The van der Waals surface area contributed by atoms with Gasteiger partial charge >= 0.3 is 0 Å². The lowest BCUT2D eigenvalue weighted by molar-refractivity contribution is -0.141. The first-order valence-corrected chi connectivity index (χ1v) is 9.78. The Bertz CT molecular complexity index is 696. The number of piperidine rings is 1. The van der Waals surface area contributed by atoms with Crippen molar-refractivity contribution in [2.45, 2.75) is 64.2 Å². The zero-order valence-corrected chi connectivity index (χ0v) is 16.4. The molecule has 3 atom stereocenters. The Labute approximate surface area is 161 Å². The van der Waals surface area contributed by atoms with E-state index < -0.39 is 6.04 Å². The van der Waals surface area contributed by atoms with Gasteiger partial charge in [-0.2, -0.15) is 0 Å². The number of likely N-dealkylation sites (N-methyl/N-ethyl adjacent to an activating group) is 1. The van der Waals surface area contributed by atoms with Gasteiger partial charge in [-0.05, 0) is 45.7 Å². The third-order valence-corrected chi connectivity index (χ3v) is 5.80. The Morgan fingerprint density at radius 1 is 1.11 bits per heavy atom. The van der Waals surface area contributed by atoms with E-state index in [1.54, 1.807) is 11.9 Å². The normalized spacial score (nSPS) is 26.1. The Kier molecular flexibility index (Phi) is 5.95. The lowest BCUT2D eigenvalue weighted by Gasteiger charge is -2.40. The van der Waals surface area contributed by atoms with E-state index in [4.69, 9.17) is 0 Å². The van der Waals surface area contributed by atoms with Crippen LogP contribution in [0, 0.1) is 0 Å². The minimum atomic E-state index is -0.555. The molecule has 3 amide bonds. The highest BCUT2D eigenvalue weighted by Crippen LogP contribution is 2.24. The van der Waals surface area contributed by atoms with E-state index in [0.717, 1.165) is 24.8 Å². The van der Waals surface area contributed by atoms with Crippen molar-refractivity contribution in [2.75, 3.05) is 13.6 Å². The van der Waals surface area contributed by atoms with Crippen molar-refractivity contribution in [3.63, 3.8) is 0 Å². The summed E-state index contributed by atoms with van der Waals surface area (Å²) in [5, 5.41) is 0. The second-order valence-electron chi connectivity index (χ2n) is 7.87. The molecule has 2 saturated heterocycles. The van der Waals surface area contributed by atoms with Gasteiger partial charge in [0.15, 0.2) is 0 Å². The fourth-order valence-corrected chi connectivity index (χ4v) is 4.26. The monoisotopic (exact) mass is 371 g/mol. The van der Waals surface area contributed by atoms with Crippen molar-refractivity contribution < 1.29 is 14.4 Å². The minimum Gasteiger partial charge on any atom is -0.336 e. The number of likely N-dealkylation sites (tertiary alicyclic amines) is 2. The first kappa shape index (κ1) is 19.5. The Hall–Kier alpha value is -2.21. The third-order valence-electron chi connectivity index (χ3n) is 5.80. The summed E-state index contributed by atoms with van der Waals surface area (Å²) in [6.07, 6.45) is 3.32. The van der Waals surface area contributed by atoms with Crippen molar-refractivity contribution in [2.24, 2.45) is 0 Å². The van der Waals surface area contributed by atoms with Gasteiger partial charge in [-0.25, -0.2) is 0 Å². The molecular formula is C21H29N3O3. The Balaban J connectivity index is 1.63. The first-order valence-electron chi connectivity index (χ1n) is 9.78. The fraction of sp³-hybridized carbons (Fsp3) is 0.571. The van der Waals surface area contributed by atoms with Gasteiger partial charge < -0.3 is 4.90 Å². The average molecular weight is 371 g/mol. The molecule has 6 heteroatoms. The molecule has 3 rings (SSSR count). The van der Waals surface area contributed by atoms with Crippen LogP contribution in [0.25, 0.3) is 0 Å². The highest BCUT2D eigenvalue weighted by atomic mass is 16.2. The number of rotatable bonds is 5. The van der Waals surface area contributed by atoms with Crippen LogP contribution in [0.2, 0.25) is 0 Å². The number of carbonyl (C=O) groups is 3. The van der Waals surface area contributed by atoms with Crippen LogP contribution in [0.1, 0.15) is 45.1 Å². The molecule has 0 saturated carbocycles. The zero-order valence-electron chi connectivity index (χ0n) is 16.4. The standard InChI is InChI=1S/C21H29N3O3/c1-15-8-7-9-16(2)24(15)20(26)14-22(3)18-12-19(25)23(21(18)27)13-17-10-5-4-6-11-17/h4-6,10-11,15-16,18H,7-9,12-14H2,1-3H3/t15-,16-,18+/m1/s1. The van der Waals surface area contributed by atoms with E-state index in [1.165, 1.54) is 4.90 Å². The molecule has 0 spiro atoms. The Morgan fingerprint density at radius 3 is 2.37 bits per heavy atom. The average Bonchev–Trinajstić information content (AvgIpc) is 2.91. The van der Waals surface area contributed by atoms with Crippen LogP contribution < -0.4 is 0 Å². The topological polar surface area (TPSA) is 60.9 Å². The summed E-state index contributed by atoms with van der Waals surface area (Å²) in [6.45, 7) is 4.62. The summed E-state index contributed by atoms with van der Waals surface area (Å²) in [4.78, 5) is 43.0. The molecule has 1 aromatic carbocycles. The second kappa shape index (κ2) is 8.21. The molecule has 2 heterocycles. The first-order chi connectivity index (χ1) is 12.9. The summed E-state index contributed by atoms with van der Waals surface area (Å²) >= 11 is 0. The molecule has 0 aromatic heterocycles. The minimum absolute atomic E-state index is 0.0407. The van der Waals surface area contributed by atoms with E-state index in [-0.39, 0.29) is 49.3 Å². The predicted octanol–water partition coefficient (Wildman–Crippen LogP) is 2.04. The van der Waals surface area contributed by atoms with E-state index in [0.29, 0.717) is 0 Å². The molecule has 6 nitrogen and oxygen atoms in total. The largest absolute Gasteiger partial charge is 0.336 e. The van der Waals surface area contributed by atoms with E-state index >= 15 is 0 Å². The molecule has 2 aliphatic heterocycles. The summed E-state index contributed by atoms with van der Waals surface area (Å²) in [5.41, 5.74) is 0.926.